The summed E-state index contributed by atoms with van der Waals surface area (Å²) in [4.78, 5) is 113. The van der Waals surface area contributed by atoms with E-state index in [4.69, 9.17) is 22.3 Å². The molecule has 0 heterocycles. The molecule has 13 N–H and O–H groups in total. The summed E-state index contributed by atoms with van der Waals surface area (Å²) in [5.41, 5.74) is 17.5. The maximum absolute atomic E-state index is 13.7. The number of hydrogen-bond acceptors (Lipinski definition) is 10. The van der Waals surface area contributed by atoms with Crippen LogP contribution in [-0.4, -0.2) is 99.8 Å². The molecule has 0 spiro atoms. The van der Waals surface area contributed by atoms with Crippen LogP contribution in [0, 0.1) is 11.8 Å². The molecule has 1 rings (SSSR count). The van der Waals surface area contributed by atoms with Crippen LogP contribution in [-0.2, 0) is 49.6 Å². The van der Waals surface area contributed by atoms with Crippen LogP contribution < -0.4 is 43.8 Å². The number of nitrogens with two attached hydrogens (primary N) is 3. The fourth-order valence-electron chi connectivity index (χ4n) is 5.23. The van der Waals surface area contributed by atoms with Gasteiger partial charge in [-0.15, -0.1) is 0 Å². The quantitative estimate of drug-likeness (QED) is 0.0526. The van der Waals surface area contributed by atoms with E-state index in [1.54, 1.807) is 26.0 Å². The fourth-order valence-corrected chi connectivity index (χ4v) is 5.23. The van der Waals surface area contributed by atoms with E-state index in [0.29, 0.717) is 0 Å². The lowest BCUT2D eigenvalue weighted by molar-refractivity contribution is -0.143. The Morgan fingerprint density at radius 3 is 1.46 bits per heavy atom. The third kappa shape index (κ3) is 18.3. The molecular weight excluding hydrogens is 708 g/mol. The normalized spacial score (nSPS) is 14.4. The Labute approximate surface area is 313 Å². The molecule has 0 aliphatic rings. The number of aliphatic carboxylic acids is 2. The summed E-state index contributed by atoms with van der Waals surface area (Å²) in [5.74, 6) is -9.51. The van der Waals surface area contributed by atoms with Gasteiger partial charge < -0.3 is 54.0 Å². The molecule has 300 valence electrons. The molecule has 0 fully saturated rings. The Bertz CT molecular complexity index is 1490. The Balaban J connectivity index is 3.24. The lowest BCUT2D eigenvalue weighted by atomic mass is 9.99. The second kappa shape index (κ2) is 23.2. The average molecular weight is 763 g/mol. The van der Waals surface area contributed by atoms with Crippen LogP contribution in [0.2, 0.25) is 0 Å². The van der Waals surface area contributed by atoms with E-state index in [1.807, 2.05) is 32.0 Å². The molecule has 0 saturated heterocycles. The summed E-state index contributed by atoms with van der Waals surface area (Å²) in [6.45, 7) is 7.19. The van der Waals surface area contributed by atoms with E-state index in [-0.39, 0.29) is 31.1 Å². The second-order valence-electron chi connectivity index (χ2n) is 13.8. The molecule has 0 aromatic heterocycles. The highest BCUT2D eigenvalue weighted by Gasteiger charge is 2.34. The highest BCUT2D eigenvalue weighted by molar-refractivity contribution is 5.98. The number of carboxylic acids is 2. The number of primary amides is 2. The smallest absolute Gasteiger partial charge is 0.326 e. The summed E-state index contributed by atoms with van der Waals surface area (Å²) < 4.78 is 0. The maximum atomic E-state index is 13.7. The standard InChI is InChI=1S/C35H54N8O11/c1-18(2)14-24(41-30(48)21(36)16-20-8-6-5-7-9-20)32(50)42-25(15-19(3)4)33(51)43-26(17-28(38)45)34(52)39-22(10-12-27(37)44)31(49)40-23(35(53)54)11-13-29(46)47/h5-9,18-19,21-26H,10-17,36H2,1-4H3,(H2,37,44)(H2,38,45)(H,39,52)(H,40,49)(H,41,48)(H,42,50)(H,43,51)(H,46,47)(H,53,54)/t21-,22-,23-,24-,25-,26-/m0/s1. The van der Waals surface area contributed by atoms with Gasteiger partial charge in [0.05, 0.1) is 12.5 Å². The summed E-state index contributed by atoms with van der Waals surface area (Å²) in [5, 5.41) is 30.4. The Morgan fingerprint density at radius 2 is 1.00 bits per heavy atom. The first-order valence-electron chi connectivity index (χ1n) is 17.5. The molecule has 6 atom stereocenters. The van der Waals surface area contributed by atoms with Crippen LogP contribution in [0.5, 0.6) is 0 Å². The summed E-state index contributed by atoms with van der Waals surface area (Å²) in [6.07, 6.45) is -2.32. The number of carboxylic acid groups (broad SMARTS) is 2. The van der Waals surface area contributed by atoms with E-state index in [0.717, 1.165) is 5.56 Å². The minimum absolute atomic E-state index is 0.0505. The lowest BCUT2D eigenvalue weighted by Gasteiger charge is -2.28. The lowest BCUT2D eigenvalue weighted by Crippen LogP contribution is -2.60. The highest BCUT2D eigenvalue weighted by atomic mass is 16.4. The van der Waals surface area contributed by atoms with Gasteiger partial charge in [0, 0.05) is 12.8 Å². The predicted molar refractivity (Wildman–Crippen MR) is 193 cm³/mol. The first-order valence-corrected chi connectivity index (χ1v) is 17.5. The third-order valence-corrected chi connectivity index (χ3v) is 7.93. The topological polar surface area (TPSA) is 332 Å². The average Bonchev–Trinajstić information content (AvgIpc) is 3.06. The van der Waals surface area contributed by atoms with Gasteiger partial charge in [0.2, 0.25) is 41.4 Å². The second-order valence-corrected chi connectivity index (χ2v) is 13.8. The largest absolute Gasteiger partial charge is 0.481 e. The van der Waals surface area contributed by atoms with Gasteiger partial charge in [-0.1, -0.05) is 58.0 Å². The molecule has 54 heavy (non-hydrogen) atoms. The number of carbonyl (C=O) groups is 9. The molecular formula is C35H54N8O11. The van der Waals surface area contributed by atoms with Crippen molar-refractivity contribution in [1.29, 1.82) is 0 Å². The van der Waals surface area contributed by atoms with Crippen molar-refractivity contribution < 1.29 is 53.4 Å². The Morgan fingerprint density at radius 1 is 0.574 bits per heavy atom. The molecule has 0 unspecified atom stereocenters. The summed E-state index contributed by atoms with van der Waals surface area (Å²) >= 11 is 0. The van der Waals surface area contributed by atoms with Crippen molar-refractivity contribution in [3.05, 3.63) is 35.9 Å². The number of amides is 7. The van der Waals surface area contributed by atoms with E-state index < -0.39 is 122 Å². The zero-order chi connectivity index (χ0) is 41.1. The van der Waals surface area contributed by atoms with Gasteiger partial charge in [0.15, 0.2) is 0 Å². The molecule has 19 nitrogen and oxygen atoms in total. The number of benzene rings is 1. The van der Waals surface area contributed by atoms with Gasteiger partial charge in [-0.3, -0.25) is 38.4 Å². The first kappa shape index (κ1) is 46.4. The van der Waals surface area contributed by atoms with Crippen LogP contribution in [0.4, 0.5) is 0 Å². The molecule has 0 aliphatic carbocycles. The number of nitrogens with one attached hydrogen (secondary N) is 5. The Hall–Kier alpha value is -5.59. The highest BCUT2D eigenvalue weighted by Crippen LogP contribution is 2.11. The summed E-state index contributed by atoms with van der Waals surface area (Å²) in [7, 11) is 0. The van der Waals surface area contributed by atoms with Crippen LogP contribution in [0.3, 0.4) is 0 Å². The van der Waals surface area contributed by atoms with Crippen LogP contribution in [0.1, 0.15) is 78.2 Å². The zero-order valence-corrected chi connectivity index (χ0v) is 31.0. The molecule has 1 aromatic carbocycles. The van der Waals surface area contributed by atoms with Gasteiger partial charge in [-0.25, -0.2) is 4.79 Å². The molecule has 1 aromatic rings. The molecule has 19 heteroatoms. The van der Waals surface area contributed by atoms with Crippen molar-refractivity contribution in [2.45, 2.75) is 115 Å². The molecule has 0 aliphatic heterocycles. The number of rotatable bonds is 25. The van der Waals surface area contributed by atoms with Crippen molar-refractivity contribution in [2.24, 2.45) is 29.0 Å². The van der Waals surface area contributed by atoms with Gasteiger partial charge in [-0.2, -0.15) is 0 Å². The van der Waals surface area contributed by atoms with Crippen molar-refractivity contribution >= 4 is 53.3 Å². The monoisotopic (exact) mass is 762 g/mol. The minimum atomic E-state index is -1.71. The zero-order valence-electron chi connectivity index (χ0n) is 31.0. The van der Waals surface area contributed by atoms with E-state index in [9.17, 15) is 48.3 Å². The third-order valence-electron chi connectivity index (χ3n) is 7.93. The van der Waals surface area contributed by atoms with E-state index >= 15 is 0 Å². The maximum Gasteiger partial charge on any atom is 0.326 e. The molecule has 0 bridgehead atoms. The number of hydrogen-bond donors (Lipinski definition) is 10. The van der Waals surface area contributed by atoms with Gasteiger partial charge in [-0.05, 0) is 49.5 Å². The van der Waals surface area contributed by atoms with Crippen LogP contribution in [0.15, 0.2) is 30.3 Å². The van der Waals surface area contributed by atoms with Crippen molar-refractivity contribution in [1.82, 2.24) is 26.6 Å². The van der Waals surface area contributed by atoms with Gasteiger partial charge >= 0.3 is 11.9 Å². The fraction of sp³-hybridized carbons (Fsp3) is 0.571. The Kier molecular flexibility index (Phi) is 19.9. The van der Waals surface area contributed by atoms with E-state index in [1.165, 1.54) is 0 Å². The summed E-state index contributed by atoms with van der Waals surface area (Å²) in [6, 6.07) is 0.665. The first-order chi connectivity index (χ1) is 25.2. The minimum Gasteiger partial charge on any atom is -0.481 e. The van der Waals surface area contributed by atoms with Gasteiger partial charge in [0.1, 0.15) is 30.2 Å². The van der Waals surface area contributed by atoms with Crippen molar-refractivity contribution in [2.75, 3.05) is 0 Å². The van der Waals surface area contributed by atoms with Crippen LogP contribution >= 0.6 is 0 Å². The molecule has 7 amide bonds. The van der Waals surface area contributed by atoms with Gasteiger partial charge in [0.25, 0.3) is 0 Å². The SMILES string of the molecule is CC(C)C[C@H](NC(=O)[C@H](CC(C)C)NC(=O)[C@@H](N)Cc1ccccc1)C(=O)N[C@@H](CC(N)=O)C(=O)N[C@@H](CCC(N)=O)C(=O)N[C@@H](CCC(=O)O)C(=O)O. The molecule has 0 saturated carbocycles. The van der Waals surface area contributed by atoms with E-state index in [2.05, 4.69) is 26.6 Å². The predicted octanol–water partition coefficient (Wildman–Crippen LogP) is -1.84. The van der Waals surface area contributed by atoms with Crippen molar-refractivity contribution in [3.63, 3.8) is 0 Å². The molecule has 0 radical (unpaired) electrons. The number of carbonyl (C=O) groups excluding carboxylic acids is 7. The van der Waals surface area contributed by atoms with Crippen LogP contribution in [0.25, 0.3) is 0 Å². The van der Waals surface area contributed by atoms with Crippen molar-refractivity contribution in [3.8, 4) is 0 Å².